The highest BCUT2D eigenvalue weighted by Crippen LogP contribution is 2.35. The lowest BCUT2D eigenvalue weighted by Gasteiger charge is -2.25. The Bertz CT molecular complexity index is 663. The van der Waals surface area contributed by atoms with Gasteiger partial charge in [0, 0.05) is 25.0 Å². The van der Waals surface area contributed by atoms with Crippen LogP contribution in [0.15, 0.2) is 54.9 Å². The van der Waals surface area contributed by atoms with E-state index in [0.29, 0.717) is 18.0 Å². The summed E-state index contributed by atoms with van der Waals surface area (Å²) in [5.74, 6) is -0.0354. The SMILES string of the molecule is CN1CC[C@@H](CNC(=O)[C@@H](O)c2ccccc2)[C@@H]1c1cccnc1. The van der Waals surface area contributed by atoms with Crippen molar-refractivity contribution in [2.75, 3.05) is 20.1 Å². The van der Waals surface area contributed by atoms with Crippen molar-refractivity contribution >= 4 is 5.91 Å². The molecular formula is C19H23N3O2. The first-order valence-corrected chi connectivity index (χ1v) is 8.27. The van der Waals surface area contributed by atoms with Crippen molar-refractivity contribution in [1.29, 1.82) is 0 Å². The van der Waals surface area contributed by atoms with E-state index in [1.165, 1.54) is 5.56 Å². The van der Waals surface area contributed by atoms with Crippen LogP contribution in [-0.4, -0.2) is 41.0 Å². The third-order valence-electron chi connectivity index (χ3n) is 4.70. The largest absolute Gasteiger partial charge is 0.378 e. The zero-order valence-corrected chi connectivity index (χ0v) is 13.8. The Kier molecular flexibility index (Phi) is 5.23. The predicted octanol–water partition coefficient (Wildman–Crippen LogP) is 1.92. The van der Waals surface area contributed by atoms with Gasteiger partial charge in [-0.1, -0.05) is 36.4 Å². The van der Waals surface area contributed by atoms with Crippen LogP contribution in [0.1, 0.15) is 29.7 Å². The number of pyridine rings is 1. The van der Waals surface area contributed by atoms with Crippen molar-refractivity contribution in [1.82, 2.24) is 15.2 Å². The highest BCUT2D eigenvalue weighted by Gasteiger charge is 2.33. The third kappa shape index (κ3) is 3.63. The van der Waals surface area contributed by atoms with Crippen LogP contribution in [-0.2, 0) is 4.79 Å². The molecule has 2 heterocycles. The molecule has 0 aliphatic carbocycles. The lowest BCUT2D eigenvalue weighted by Crippen LogP contribution is -2.35. The molecule has 5 nitrogen and oxygen atoms in total. The van der Waals surface area contributed by atoms with E-state index >= 15 is 0 Å². The monoisotopic (exact) mass is 325 g/mol. The van der Waals surface area contributed by atoms with Crippen LogP contribution in [0.5, 0.6) is 0 Å². The molecule has 0 radical (unpaired) electrons. The predicted molar refractivity (Wildman–Crippen MR) is 92.1 cm³/mol. The molecule has 126 valence electrons. The van der Waals surface area contributed by atoms with Crippen LogP contribution < -0.4 is 5.32 Å². The summed E-state index contributed by atoms with van der Waals surface area (Å²) in [4.78, 5) is 18.7. The number of benzene rings is 1. The minimum absolute atomic E-state index is 0.243. The maximum Gasteiger partial charge on any atom is 0.253 e. The topological polar surface area (TPSA) is 65.5 Å². The van der Waals surface area contributed by atoms with Gasteiger partial charge >= 0.3 is 0 Å². The smallest absolute Gasteiger partial charge is 0.253 e. The van der Waals surface area contributed by atoms with Gasteiger partial charge < -0.3 is 10.4 Å². The number of nitrogens with zero attached hydrogens (tertiary/aromatic N) is 2. The molecule has 2 N–H and O–H groups in total. The van der Waals surface area contributed by atoms with Crippen molar-refractivity contribution in [2.24, 2.45) is 5.92 Å². The van der Waals surface area contributed by atoms with E-state index in [9.17, 15) is 9.90 Å². The summed E-state index contributed by atoms with van der Waals surface area (Å²) in [5.41, 5.74) is 1.78. The Balaban J connectivity index is 1.62. The van der Waals surface area contributed by atoms with Crippen LogP contribution in [0.3, 0.4) is 0 Å². The fourth-order valence-electron chi connectivity index (χ4n) is 3.43. The molecular weight excluding hydrogens is 302 g/mol. The van der Waals surface area contributed by atoms with Gasteiger partial charge in [-0.2, -0.15) is 0 Å². The summed E-state index contributed by atoms with van der Waals surface area (Å²) in [5, 5.41) is 13.1. The number of nitrogens with one attached hydrogen (secondary N) is 1. The second-order valence-corrected chi connectivity index (χ2v) is 6.32. The molecule has 5 heteroatoms. The van der Waals surface area contributed by atoms with Gasteiger partial charge in [-0.15, -0.1) is 0 Å². The highest BCUT2D eigenvalue weighted by molar-refractivity contribution is 5.81. The van der Waals surface area contributed by atoms with E-state index < -0.39 is 6.10 Å². The highest BCUT2D eigenvalue weighted by atomic mass is 16.3. The molecule has 1 aromatic heterocycles. The third-order valence-corrected chi connectivity index (χ3v) is 4.70. The summed E-state index contributed by atoms with van der Waals surface area (Å²) in [6.45, 7) is 1.54. The fourth-order valence-corrected chi connectivity index (χ4v) is 3.43. The molecule has 3 rings (SSSR count). The van der Waals surface area contributed by atoms with Gasteiger partial charge in [-0.05, 0) is 43.1 Å². The van der Waals surface area contributed by atoms with Gasteiger partial charge in [0.05, 0.1) is 0 Å². The first kappa shape index (κ1) is 16.6. The summed E-state index contributed by atoms with van der Waals surface area (Å²) < 4.78 is 0. The number of hydrogen-bond donors (Lipinski definition) is 2. The maximum atomic E-state index is 12.2. The standard InChI is InChI=1S/C19H23N3O2/c1-22-11-9-16(17(22)15-8-5-10-20-12-15)13-21-19(24)18(23)14-6-3-2-4-7-14/h2-8,10,12,16-18,23H,9,11,13H2,1H3,(H,21,24)/t16-,17-,18-/m0/s1. The average Bonchev–Trinajstić information content (AvgIpc) is 3.01. The van der Waals surface area contributed by atoms with Crippen molar-refractivity contribution < 1.29 is 9.90 Å². The number of hydrogen-bond acceptors (Lipinski definition) is 4. The molecule has 1 aromatic carbocycles. The zero-order chi connectivity index (χ0) is 16.9. The molecule has 0 spiro atoms. The van der Waals surface area contributed by atoms with Gasteiger partial charge in [0.25, 0.3) is 5.91 Å². The summed E-state index contributed by atoms with van der Waals surface area (Å²) >= 11 is 0. The lowest BCUT2D eigenvalue weighted by molar-refractivity contribution is -0.129. The number of aromatic nitrogens is 1. The molecule has 0 bridgehead atoms. The molecule has 3 atom stereocenters. The van der Waals surface area contributed by atoms with E-state index in [0.717, 1.165) is 13.0 Å². The Labute approximate surface area is 142 Å². The first-order chi connectivity index (χ1) is 11.7. The number of likely N-dealkylation sites (tertiary alicyclic amines) is 1. The quantitative estimate of drug-likeness (QED) is 0.881. The van der Waals surface area contributed by atoms with E-state index in [2.05, 4.69) is 28.3 Å². The normalized spacial score (nSPS) is 22.2. The van der Waals surface area contributed by atoms with Gasteiger partial charge in [0.15, 0.2) is 6.10 Å². The maximum absolute atomic E-state index is 12.2. The molecule has 2 aromatic rings. The van der Waals surface area contributed by atoms with Crippen LogP contribution in [0.4, 0.5) is 0 Å². The molecule has 1 saturated heterocycles. The van der Waals surface area contributed by atoms with Crippen molar-refractivity contribution in [2.45, 2.75) is 18.6 Å². The number of amides is 1. The number of rotatable bonds is 5. The van der Waals surface area contributed by atoms with Crippen LogP contribution in [0, 0.1) is 5.92 Å². The minimum Gasteiger partial charge on any atom is -0.378 e. The summed E-state index contributed by atoms with van der Waals surface area (Å²) in [6.07, 6.45) is 3.55. The average molecular weight is 325 g/mol. The molecule has 1 fully saturated rings. The molecule has 0 saturated carbocycles. The minimum atomic E-state index is -1.12. The van der Waals surface area contributed by atoms with E-state index in [1.807, 2.05) is 30.5 Å². The van der Waals surface area contributed by atoms with E-state index in [-0.39, 0.29) is 11.9 Å². The molecule has 1 amide bonds. The van der Waals surface area contributed by atoms with Crippen LogP contribution in [0.2, 0.25) is 0 Å². The molecule has 1 aliphatic heterocycles. The summed E-state index contributed by atoms with van der Waals surface area (Å²) in [6, 6.07) is 13.3. The fraction of sp³-hybridized carbons (Fsp3) is 0.368. The van der Waals surface area contributed by atoms with Crippen LogP contribution >= 0.6 is 0 Å². The Morgan fingerprint density at radius 3 is 2.83 bits per heavy atom. The van der Waals surface area contributed by atoms with Crippen molar-refractivity contribution in [3.63, 3.8) is 0 Å². The Morgan fingerprint density at radius 1 is 1.33 bits per heavy atom. The van der Waals surface area contributed by atoms with Gasteiger partial charge in [-0.25, -0.2) is 0 Å². The Morgan fingerprint density at radius 2 is 2.12 bits per heavy atom. The van der Waals surface area contributed by atoms with Gasteiger partial charge in [0.2, 0.25) is 0 Å². The number of aliphatic hydroxyl groups excluding tert-OH is 1. The van der Waals surface area contributed by atoms with Gasteiger partial charge in [0.1, 0.15) is 0 Å². The van der Waals surface area contributed by atoms with Gasteiger partial charge in [-0.3, -0.25) is 14.7 Å². The molecule has 1 aliphatic rings. The molecule has 0 unspecified atom stereocenters. The van der Waals surface area contributed by atoms with Crippen molar-refractivity contribution in [3.05, 3.63) is 66.0 Å². The number of carbonyl (C=O) groups is 1. The number of aliphatic hydroxyl groups is 1. The number of carbonyl (C=O) groups excluding carboxylic acids is 1. The van der Waals surface area contributed by atoms with Crippen LogP contribution in [0.25, 0.3) is 0 Å². The van der Waals surface area contributed by atoms with E-state index in [1.54, 1.807) is 18.3 Å². The van der Waals surface area contributed by atoms with Crippen molar-refractivity contribution in [3.8, 4) is 0 Å². The Hall–Kier alpha value is -2.24. The second-order valence-electron chi connectivity index (χ2n) is 6.32. The molecule has 24 heavy (non-hydrogen) atoms. The zero-order valence-electron chi connectivity index (χ0n) is 13.8. The lowest BCUT2D eigenvalue weighted by atomic mass is 9.94. The summed E-state index contributed by atoms with van der Waals surface area (Å²) in [7, 11) is 2.10. The van der Waals surface area contributed by atoms with E-state index in [4.69, 9.17) is 0 Å². The second kappa shape index (κ2) is 7.55. The first-order valence-electron chi connectivity index (χ1n) is 8.27.